The van der Waals surface area contributed by atoms with Crippen molar-refractivity contribution in [2.75, 3.05) is 32.8 Å². The van der Waals surface area contributed by atoms with E-state index in [0.717, 1.165) is 63.1 Å². The summed E-state index contributed by atoms with van der Waals surface area (Å²) in [5, 5.41) is 3.04. The van der Waals surface area contributed by atoms with Gasteiger partial charge in [0.1, 0.15) is 0 Å². The van der Waals surface area contributed by atoms with E-state index in [2.05, 4.69) is 50.4 Å². The van der Waals surface area contributed by atoms with E-state index in [-0.39, 0.29) is 11.8 Å². The van der Waals surface area contributed by atoms with E-state index in [0.29, 0.717) is 0 Å². The van der Waals surface area contributed by atoms with Gasteiger partial charge in [-0.25, -0.2) is 0 Å². The van der Waals surface area contributed by atoms with Gasteiger partial charge >= 0.3 is 0 Å². The summed E-state index contributed by atoms with van der Waals surface area (Å²) >= 11 is 3.46. The minimum atomic E-state index is 0.170. The summed E-state index contributed by atoms with van der Waals surface area (Å²) in [6, 6.07) is 8.47. The molecule has 0 saturated carbocycles. The highest BCUT2D eigenvalue weighted by Crippen LogP contribution is 2.20. The molecule has 1 saturated heterocycles. The molecule has 0 spiro atoms. The molecular formula is C18H27BrN2O2. The summed E-state index contributed by atoms with van der Waals surface area (Å²) < 4.78 is 6.39. The van der Waals surface area contributed by atoms with E-state index >= 15 is 0 Å². The molecule has 4 nitrogen and oxygen atoms in total. The van der Waals surface area contributed by atoms with Crippen LogP contribution in [0.15, 0.2) is 28.7 Å². The van der Waals surface area contributed by atoms with E-state index < -0.39 is 0 Å². The number of amides is 1. The van der Waals surface area contributed by atoms with Crippen molar-refractivity contribution in [2.45, 2.75) is 32.7 Å². The van der Waals surface area contributed by atoms with Crippen molar-refractivity contribution in [3.63, 3.8) is 0 Å². The number of nitrogens with one attached hydrogen (secondary N) is 1. The highest BCUT2D eigenvalue weighted by atomic mass is 79.9. The molecule has 0 radical (unpaired) electrons. The topological polar surface area (TPSA) is 41.6 Å². The summed E-state index contributed by atoms with van der Waals surface area (Å²) in [7, 11) is 0. The Bertz CT molecular complexity index is 470. The lowest BCUT2D eigenvalue weighted by atomic mass is 9.95. The molecule has 0 aromatic heterocycles. The van der Waals surface area contributed by atoms with Crippen LogP contribution in [0.4, 0.5) is 0 Å². The number of ether oxygens (including phenoxy) is 1. The molecular weight excluding hydrogens is 356 g/mol. The molecule has 0 aliphatic carbocycles. The van der Waals surface area contributed by atoms with Crippen LogP contribution in [0, 0.1) is 5.92 Å². The van der Waals surface area contributed by atoms with E-state index in [9.17, 15) is 4.79 Å². The summed E-state index contributed by atoms with van der Waals surface area (Å²) in [6.07, 6.45) is 2.80. The van der Waals surface area contributed by atoms with Gasteiger partial charge in [-0.1, -0.05) is 28.1 Å². The van der Waals surface area contributed by atoms with Crippen molar-refractivity contribution < 1.29 is 9.53 Å². The number of carbonyl (C=O) groups excluding carboxylic acids is 1. The maximum absolute atomic E-state index is 12.2. The standard InChI is InChI=1S/C18H27BrN2O2/c1-2-23-13-3-10-20-18(22)16-8-11-21(12-9-16)14-15-4-6-17(19)7-5-15/h4-7,16H,2-3,8-14H2,1H3,(H,20,22). The van der Waals surface area contributed by atoms with Gasteiger partial charge in [0.25, 0.3) is 0 Å². The maximum Gasteiger partial charge on any atom is 0.223 e. The molecule has 1 aromatic carbocycles. The molecule has 23 heavy (non-hydrogen) atoms. The number of carbonyl (C=O) groups is 1. The van der Waals surface area contributed by atoms with Crippen LogP contribution >= 0.6 is 15.9 Å². The zero-order valence-corrected chi connectivity index (χ0v) is 15.5. The van der Waals surface area contributed by atoms with Crippen LogP contribution in [0.5, 0.6) is 0 Å². The number of rotatable bonds is 8. The summed E-state index contributed by atoms with van der Waals surface area (Å²) in [5.74, 6) is 0.382. The van der Waals surface area contributed by atoms with Crippen LogP contribution in [0.2, 0.25) is 0 Å². The number of halogens is 1. The van der Waals surface area contributed by atoms with Gasteiger partial charge < -0.3 is 10.1 Å². The van der Waals surface area contributed by atoms with Crippen LogP contribution in [0.1, 0.15) is 31.7 Å². The fourth-order valence-corrected chi connectivity index (χ4v) is 3.14. The first-order valence-electron chi connectivity index (χ1n) is 8.51. The first-order chi connectivity index (χ1) is 11.2. The fraction of sp³-hybridized carbons (Fsp3) is 0.611. The van der Waals surface area contributed by atoms with Gasteiger partial charge in [0.05, 0.1) is 0 Å². The average molecular weight is 383 g/mol. The predicted octanol–water partition coefficient (Wildman–Crippen LogP) is 3.20. The summed E-state index contributed by atoms with van der Waals surface area (Å²) in [6.45, 7) is 7.13. The third-order valence-electron chi connectivity index (χ3n) is 4.25. The molecule has 0 unspecified atom stereocenters. The Kier molecular flexibility index (Phi) is 8.06. The fourth-order valence-electron chi connectivity index (χ4n) is 2.88. The lowest BCUT2D eigenvalue weighted by molar-refractivity contribution is -0.126. The molecule has 0 atom stereocenters. The smallest absolute Gasteiger partial charge is 0.223 e. The van der Waals surface area contributed by atoms with E-state index in [1.807, 2.05) is 6.92 Å². The molecule has 1 fully saturated rings. The largest absolute Gasteiger partial charge is 0.382 e. The third kappa shape index (κ3) is 6.61. The highest BCUT2D eigenvalue weighted by Gasteiger charge is 2.24. The quantitative estimate of drug-likeness (QED) is 0.701. The molecule has 1 heterocycles. The van der Waals surface area contributed by atoms with Gasteiger partial charge in [0, 0.05) is 36.7 Å². The van der Waals surface area contributed by atoms with Crippen molar-refractivity contribution in [1.82, 2.24) is 10.2 Å². The second-order valence-electron chi connectivity index (χ2n) is 6.02. The van der Waals surface area contributed by atoms with Crippen LogP contribution in [0.3, 0.4) is 0 Å². The van der Waals surface area contributed by atoms with Crippen molar-refractivity contribution in [3.8, 4) is 0 Å². The zero-order chi connectivity index (χ0) is 16.5. The Labute approximate surface area is 147 Å². The SMILES string of the molecule is CCOCCCNC(=O)C1CCN(Cc2ccc(Br)cc2)CC1. The van der Waals surface area contributed by atoms with Gasteiger partial charge in [0.15, 0.2) is 0 Å². The number of nitrogens with zero attached hydrogens (tertiary/aromatic N) is 1. The van der Waals surface area contributed by atoms with Crippen LogP contribution in [0.25, 0.3) is 0 Å². The average Bonchev–Trinajstić information content (AvgIpc) is 2.57. The second kappa shape index (κ2) is 10.1. The Morgan fingerprint density at radius 2 is 2.00 bits per heavy atom. The normalized spacial score (nSPS) is 16.4. The minimum absolute atomic E-state index is 0.170. The van der Waals surface area contributed by atoms with Gasteiger partial charge in [-0.05, 0) is 57.0 Å². The van der Waals surface area contributed by atoms with Crippen molar-refractivity contribution in [1.29, 1.82) is 0 Å². The maximum atomic E-state index is 12.2. The number of likely N-dealkylation sites (tertiary alicyclic amines) is 1. The number of hydrogen-bond acceptors (Lipinski definition) is 3. The molecule has 1 amide bonds. The van der Waals surface area contributed by atoms with Crippen molar-refractivity contribution in [2.24, 2.45) is 5.92 Å². The van der Waals surface area contributed by atoms with Gasteiger partial charge in [-0.2, -0.15) is 0 Å². The molecule has 1 aliphatic rings. The Morgan fingerprint density at radius 1 is 1.30 bits per heavy atom. The Hall–Kier alpha value is -0.910. The van der Waals surface area contributed by atoms with Gasteiger partial charge in [-0.15, -0.1) is 0 Å². The molecule has 1 aromatic rings. The summed E-state index contributed by atoms with van der Waals surface area (Å²) in [5.41, 5.74) is 1.33. The van der Waals surface area contributed by atoms with Crippen molar-refractivity contribution in [3.05, 3.63) is 34.3 Å². The second-order valence-corrected chi connectivity index (χ2v) is 6.93. The monoisotopic (exact) mass is 382 g/mol. The lowest BCUT2D eigenvalue weighted by Gasteiger charge is -2.31. The first kappa shape index (κ1) is 18.4. The Morgan fingerprint density at radius 3 is 2.65 bits per heavy atom. The summed E-state index contributed by atoms with van der Waals surface area (Å²) in [4.78, 5) is 14.6. The minimum Gasteiger partial charge on any atom is -0.382 e. The molecule has 5 heteroatoms. The first-order valence-corrected chi connectivity index (χ1v) is 9.30. The van der Waals surface area contributed by atoms with Gasteiger partial charge in [0.2, 0.25) is 5.91 Å². The third-order valence-corrected chi connectivity index (χ3v) is 4.78. The van der Waals surface area contributed by atoms with Crippen LogP contribution < -0.4 is 5.32 Å². The zero-order valence-electron chi connectivity index (χ0n) is 13.9. The molecule has 0 bridgehead atoms. The molecule has 1 aliphatic heterocycles. The molecule has 128 valence electrons. The van der Waals surface area contributed by atoms with E-state index in [4.69, 9.17) is 4.74 Å². The van der Waals surface area contributed by atoms with Crippen LogP contribution in [-0.2, 0) is 16.1 Å². The van der Waals surface area contributed by atoms with E-state index in [1.54, 1.807) is 0 Å². The number of benzene rings is 1. The van der Waals surface area contributed by atoms with E-state index in [1.165, 1.54) is 5.56 Å². The predicted molar refractivity (Wildman–Crippen MR) is 96.3 cm³/mol. The molecule has 2 rings (SSSR count). The highest BCUT2D eigenvalue weighted by molar-refractivity contribution is 9.10. The number of hydrogen-bond donors (Lipinski definition) is 1. The number of piperidine rings is 1. The van der Waals surface area contributed by atoms with Gasteiger partial charge in [-0.3, -0.25) is 9.69 Å². The van der Waals surface area contributed by atoms with Crippen LogP contribution in [-0.4, -0.2) is 43.7 Å². The van der Waals surface area contributed by atoms with Crippen molar-refractivity contribution >= 4 is 21.8 Å². The molecule has 1 N–H and O–H groups in total. The lowest BCUT2D eigenvalue weighted by Crippen LogP contribution is -2.40. The Balaban J connectivity index is 1.65.